The first-order chi connectivity index (χ1) is 10.5. The molecule has 1 aliphatic rings. The number of ether oxygens (including phenoxy) is 2. The molecule has 0 saturated heterocycles. The van der Waals surface area contributed by atoms with Crippen LogP contribution in [0.4, 0.5) is 0 Å². The van der Waals surface area contributed by atoms with E-state index in [2.05, 4.69) is 20.9 Å². The summed E-state index contributed by atoms with van der Waals surface area (Å²) in [4.78, 5) is 16.0. The van der Waals surface area contributed by atoms with Crippen LogP contribution in [-0.2, 0) is 4.79 Å². The van der Waals surface area contributed by atoms with E-state index in [4.69, 9.17) is 21.1 Å². The molecule has 1 N–H and O–H groups in total. The fourth-order valence-corrected chi connectivity index (χ4v) is 2.48. The third-order valence-corrected chi connectivity index (χ3v) is 3.61. The predicted octanol–water partition coefficient (Wildman–Crippen LogP) is 3.20. The van der Waals surface area contributed by atoms with Crippen LogP contribution in [0.25, 0.3) is 6.08 Å². The minimum Gasteiger partial charge on any atom is -0.460 e. The van der Waals surface area contributed by atoms with E-state index in [0.717, 1.165) is 4.47 Å². The number of aromatic nitrogens is 1. The normalized spacial score (nSPS) is 16.3. The number of rotatable bonds is 2. The van der Waals surface area contributed by atoms with Crippen molar-refractivity contribution < 1.29 is 19.4 Å². The number of pyridine rings is 1. The molecule has 0 amide bonds. The van der Waals surface area contributed by atoms with Crippen molar-refractivity contribution in [2.45, 2.75) is 6.29 Å². The van der Waals surface area contributed by atoms with Crippen molar-refractivity contribution in [2.75, 3.05) is 0 Å². The molecule has 2 aromatic rings. The van der Waals surface area contributed by atoms with E-state index in [0.29, 0.717) is 16.3 Å². The molecule has 0 radical (unpaired) electrons. The summed E-state index contributed by atoms with van der Waals surface area (Å²) >= 11 is 9.12. The van der Waals surface area contributed by atoms with Gasteiger partial charge in [0.25, 0.3) is 0 Å². The summed E-state index contributed by atoms with van der Waals surface area (Å²) in [6, 6.07) is 6.70. The molecule has 1 atom stereocenters. The highest BCUT2D eigenvalue weighted by molar-refractivity contribution is 9.10. The standard InChI is InChI=1S/C15H9BrClNO4/c16-9-1-2-13-8(3-9)4-12(15(20)22-13)14(19)21-11-5-10(17)6-18-7-11/h1-7,15,20H. The van der Waals surface area contributed by atoms with Crippen LogP contribution in [0.15, 0.2) is 46.7 Å². The van der Waals surface area contributed by atoms with E-state index in [-0.39, 0.29) is 11.3 Å². The van der Waals surface area contributed by atoms with Gasteiger partial charge in [-0.3, -0.25) is 4.98 Å². The maximum atomic E-state index is 12.2. The maximum absolute atomic E-state index is 12.2. The SMILES string of the molecule is O=C(Oc1cncc(Cl)c1)C1=Cc2cc(Br)ccc2OC1O. The quantitative estimate of drug-likeness (QED) is 0.808. The fraction of sp³-hybridized carbons (Fsp3) is 0.0667. The number of nitrogens with zero attached hydrogens (tertiary/aromatic N) is 1. The van der Waals surface area contributed by atoms with Crippen molar-refractivity contribution in [3.63, 3.8) is 0 Å². The molecule has 5 nitrogen and oxygen atoms in total. The Morgan fingerprint density at radius 3 is 2.95 bits per heavy atom. The number of aliphatic hydroxyl groups is 1. The van der Waals surface area contributed by atoms with Gasteiger partial charge in [-0.15, -0.1) is 0 Å². The van der Waals surface area contributed by atoms with Crippen LogP contribution < -0.4 is 9.47 Å². The minimum absolute atomic E-state index is 0.00873. The van der Waals surface area contributed by atoms with Crippen LogP contribution in [0, 0.1) is 0 Å². The van der Waals surface area contributed by atoms with Gasteiger partial charge in [-0.25, -0.2) is 4.79 Å². The van der Waals surface area contributed by atoms with E-state index < -0.39 is 12.3 Å². The zero-order valence-corrected chi connectivity index (χ0v) is 13.3. The number of aliphatic hydroxyl groups excluding tert-OH is 1. The van der Waals surface area contributed by atoms with Crippen LogP contribution >= 0.6 is 27.5 Å². The Balaban J connectivity index is 1.88. The second kappa shape index (κ2) is 6.08. The van der Waals surface area contributed by atoms with Gasteiger partial charge in [0.05, 0.1) is 11.2 Å². The topological polar surface area (TPSA) is 68.7 Å². The van der Waals surface area contributed by atoms with Crippen molar-refractivity contribution >= 4 is 39.6 Å². The third kappa shape index (κ3) is 3.14. The Labute approximate surface area is 139 Å². The lowest BCUT2D eigenvalue weighted by atomic mass is 10.1. The zero-order chi connectivity index (χ0) is 15.7. The van der Waals surface area contributed by atoms with E-state index in [1.807, 2.05) is 0 Å². The average molecular weight is 383 g/mol. The molecule has 1 aliphatic heterocycles. The number of carbonyl (C=O) groups excluding carboxylic acids is 1. The minimum atomic E-state index is -1.40. The van der Waals surface area contributed by atoms with Crippen LogP contribution in [0.3, 0.4) is 0 Å². The number of fused-ring (bicyclic) bond motifs is 1. The highest BCUT2D eigenvalue weighted by atomic mass is 79.9. The molecule has 0 aliphatic carbocycles. The van der Waals surface area contributed by atoms with Crippen molar-refractivity contribution in [1.82, 2.24) is 4.98 Å². The fourth-order valence-electron chi connectivity index (χ4n) is 1.94. The lowest BCUT2D eigenvalue weighted by Crippen LogP contribution is -2.29. The van der Waals surface area contributed by atoms with Gasteiger partial charge in [0.2, 0.25) is 6.29 Å². The number of hydrogen-bond acceptors (Lipinski definition) is 5. The molecule has 0 fully saturated rings. The first kappa shape index (κ1) is 15.0. The van der Waals surface area contributed by atoms with Crippen molar-refractivity contribution in [2.24, 2.45) is 0 Å². The summed E-state index contributed by atoms with van der Waals surface area (Å²) < 4.78 is 11.3. The zero-order valence-electron chi connectivity index (χ0n) is 11.0. The van der Waals surface area contributed by atoms with Gasteiger partial charge in [0, 0.05) is 22.3 Å². The molecule has 7 heteroatoms. The molecule has 2 heterocycles. The van der Waals surface area contributed by atoms with E-state index in [9.17, 15) is 9.90 Å². The van der Waals surface area contributed by atoms with Crippen LogP contribution in [-0.4, -0.2) is 22.3 Å². The Kier molecular flexibility index (Phi) is 4.15. The molecular weight excluding hydrogens is 374 g/mol. The summed E-state index contributed by atoms with van der Waals surface area (Å²) in [6.45, 7) is 0. The molecule has 3 rings (SSSR count). The molecule has 112 valence electrons. The second-order valence-electron chi connectivity index (χ2n) is 4.48. The van der Waals surface area contributed by atoms with Gasteiger partial charge in [0.15, 0.2) is 5.75 Å². The lowest BCUT2D eigenvalue weighted by molar-refractivity contribution is -0.133. The number of carbonyl (C=O) groups is 1. The second-order valence-corrected chi connectivity index (χ2v) is 5.83. The molecule has 1 aromatic heterocycles. The summed E-state index contributed by atoms with van der Waals surface area (Å²) in [6.07, 6.45) is 2.90. The molecule has 22 heavy (non-hydrogen) atoms. The Bertz CT molecular complexity index is 778. The number of halogens is 2. The van der Waals surface area contributed by atoms with Crippen molar-refractivity contribution in [3.8, 4) is 11.5 Å². The number of esters is 1. The monoisotopic (exact) mass is 381 g/mol. The molecule has 0 spiro atoms. The third-order valence-electron chi connectivity index (χ3n) is 2.91. The summed E-state index contributed by atoms with van der Waals surface area (Å²) in [5, 5.41) is 10.3. The van der Waals surface area contributed by atoms with Crippen LogP contribution in [0.1, 0.15) is 5.56 Å². The van der Waals surface area contributed by atoms with Gasteiger partial charge in [-0.1, -0.05) is 27.5 Å². The smallest absolute Gasteiger partial charge is 0.345 e. The highest BCUT2D eigenvalue weighted by Gasteiger charge is 2.27. The van der Waals surface area contributed by atoms with Crippen LogP contribution in [0.2, 0.25) is 5.02 Å². The van der Waals surface area contributed by atoms with E-state index in [1.54, 1.807) is 18.2 Å². The Morgan fingerprint density at radius 1 is 1.36 bits per heavy atom. The largest absolute Gasteiger partial charge is 0.460 e. The van der Waals surface area contributed by atoms with Crippen LogP contribution in [0.5, 0.6) is 11.5 Å². The predicted molar refractivity (Wildman–Crippen MR) is 83.6 cm³/mol. The van der Waals surface area contributed by atoms with Gasteiger partial charge in [-0.05, 0) is 24.3 Å². The van der Waals surface area contributed by atoms with Gasteiger partial charge in [-0.2, -0.15) is 0 Å². The molecular formula is C15H9BrClNO4. The van der Waals surface area contributed by atoms with Crippen molar-refractivity contribution in [3.05, 3.63) is 57.3 Å². The summed E-state index contributed by atoms with van der Waals surface area (Å²) in [5.74, 6) is -0.0653. The maximum Gasteiger partial charge on any atom is 0.345 e. The Hall–Kier alpha value is -1.89. The molecule has 1 unspecified atom stereocenters. The first-order valence-corrected chi connectivity index (χ1v) is 7.38. The van der Waals surface area contributed by atoms with Gasteiger partial charge >= 0.3 is 5.97 Å². The number of benzene rings is 1. The molecule has 0 saturated carbocycles. The Morgan fingerprint density at radius 2 is 2.18 bits per heavy atom. The number of hydrogen-bond donors (Lipinski definition) is 1. The van der Waals surface area contributed by atoms with Crippen molar-refractivity contribution in [1.29, 1.82) is 0 Å². The molecule has 0 bridgehead atoms. The van der Waals surface area contributed by atoms with E-state index >= 15 is 0 Å². The van der Waals surface area contributed by atoms with Gasteiger partial charge in [0.1, 0.15) is 11.3 Å². The summed E-state index contributed by atoms with van der Waals surface area (Å²) in [5.41, 5.74) is 0.654. The van der Waals surface area contributed by atoms with Gasteiger partial charge < -0.3 is 14.6 Å². The highest BCUT2D eigenvalue weighted by Crippen LogP contribution is 2.32. The first-order valence-electron chi connectivity index (χ1n) is 6.21. The van der Waals surface area contributed by atoms with E-state index in [1.165, 1.54) is 24.5 Å². The lowest BCUT2D eigenvalue weighted by Gasteiger charge is -2.22. The molecule has 1 aromatic carbocycles. The average Bonchev–Trinajstić information content (AvgIpc) is 2.47. The summed E-state index contributed by atoms with van der Waals surface area (Å²) in [7, 11) is 0.